The summed E-state index contributed by atoms with van der Waals surface area (Å²) in [4.78, 5) is 16.9. The maximum Gasteiger partial charge on any atom is 0.144 e. The van der Waals surface area contributed by atoms with Crippen LogP contribution < -0.4 is 5.73 Å². The second-order valence-electron chi connectivity index (χ2n) is 5.92. The Morgan fingerprint density at radius 3 is 2.62 bits per heavy atom. The van der Waals surface area contributed by atoms with Gasteiger partial charge >= 0.3 is 0 Å². The van der Waals surface area contributed by atoms with Crippen molar-refractivity contribution in [3.8, 4) is 5.75 Å². The SMILES string of the molecule is NCCC(C(=O)Cc1ccc2cnccc2c1)c1ccc(O)cc1. The number of nitrogens with two attached hydrogens (primary N) is 1. The van der Waals surface area contributed by atoms with Gasteiger partial charge in [-0.25, -0.2) is 0 Å². The van der Waals surface area contributed by atoms with Crippen LogP contribution in [0.15, 0.2) is 60.9 Å². The molecule has 0 fully saturated rings. The lowest BCUT2D eigenvalue weighted by Crippen LogP contribution is -2.18. The van der Waals surface area contributed by atoms with Crippen molar-refractivity contribution in [1.82, 2.24) is 4.98 Å². The molecule has 2 aromatic carbocycles. The number of Topliss-reactive ketones (excluding diaryl/α,β-unsaturated/α-hetero) is 1. The molecule has 1 aromatic heterocycles. The van der Waals surface area contributed by atoms with Crippen molar-refractivity contribution >= 4 is 16.6 Å². The van der Waals surface area contributed by atoms with E-state index in [9.17, 15) is 9.90 Å². The Morgan fingerprint density at radius 1 is 1.08 bits per heavy atom. The predicted octanol–water partition coefficient (Wildman–Crippen LogP) is 3.18. The normalized spacial score (nSPS) is 12.2. The molecule has 1 atom stereocenters. The van der Waals surface area contributed by atoms with E-state index in [1.165, 1.54) is 0 Å². The van der Waals surface area contributed by atoms with Gasteiger partial charge in [-0.3, -0.25) is 9.78 Å². The molecule has 0 aliphatic rings. The fraction of sp³-hybridized carbons (Fsp3) is 0.200. The van der Waals surface area contributed by atoms with Crippen LogP contribution in [0.4, 0.5) is 0 Å². The number of phenols is 1. The lowest BCUT2D eigenvalue weighted by Gasteiger charge is -2.16. The molecule has 0 aliphatic heterocycles. The third-order valence-electron chi connectivity index (χ3n) is 4.22. The minimum atomic E-state index is -0.247. The molecule has 4 heteroatoms. The number of rotatable bonds is 6. The van der Waals surface area contributed by atoms with Gasteiger partial charge in [0.25, 0.3) is 0 Å². The Labute approximate surface area is 141 Å². The minimum absolute atomic E-state index is 0.138. The first-order valence-corrected chi connectivity index (χ1v) is 8.02. The van der Waals surface area contributed by atoms with E-state index in [1.54, 1.807) is 30.5 Å². The lowest BCUT2D eigenvalue weighted by molar-refractivity contribution is -0.120. The molecule has 3 aromatic rings. The summed E-state index contributed by atoms with van der Waals surface area (Å²) in [7, 11) is 0. The highest BCUT2D eigenvalue weighted by Crippen LogP contribution is 2.25. The van der Waals surface area contributed by atoms with E-state index in [0.717, 1.165) is 21.9 Å². The van der Waals surface area contributed by atoms with Gasteiger partial charge in [0, 0.05) is 30.1 Å². The monoisotopic (exact) mass is 320 g/mol. The van der Waals surface area contributed by atoms with Crippen molar-refractivity contribution in [3.63, 3.8) is 0 Å². The highest BCUT2D eigenvalue weighted by atomic mass is 16.3. The lowest BCUT2D eigenvalue weighted by atomic mass is 9.88. The fourth-order valence-electron chi connectivity index (χ4n) is 2.95. The number of hydrogen-bond donors (Lipinski definition) is 2. The zero-order valence-corrected chi connectivity index (χ0v) is 13.4. The van der Waals surface area contributed by atoms with E-state index in [4.69, 9.17) is 5.73 Å². The van der Waals surface area contributed by atoms with Crippen LogP contribution in [-0.4, -0.2) is 22.4 Å². The molecule has 0 bridgehead atoms. The number of ketones is 1. The molecular weight excluding hydrogens is 300 g/mol. The van der Waals surface area contributed by atoms with E-state index >= 15 is 0 Å². The molecular formula is C20H20N2O2. The summed E-state index contributed by atoms with van der Waals surface area (Å²) in [6, 6.07) is 14.7. The number of aromatic hydroxyl groups is 1. The molecule has 0 aliphatic carbocycles. The number of aromatic nitrogens is 1. The maximum atomic E-state index is 12.8. The number of fused-ring (bicyclic) bond motifs is 1. The predicted molar refractivity (Wildman–Crippen MR) is 95.0 cm³/mol. The molecule has 3 rings (SSSR count). The first kappa shape index (κ1) is 16.1. The van der Waals surface area contributed by atoms with Crippen LogP contribution in [0.5, 0.6) is 5.75 Å². The summed E-state index contributed by atoms with van der Waals surface area (Å²) in [5, 5.41) is 11.6. The Bertz CT molecular complexity index is 844. The summed E-state index contributed by atoms with van der Waals surface area (Å²) < 4.78 is 0. The van der Waals surface area contributed by atoms with Crippen molar-refractivity contribution in [2.75, 3.05) is 6.54 Å². The quantitative estimate of drug-likeness (QED) is 0.731. The second-order valence-corrected chi connectivity index (χ2v) is 5.92. The second kappa shape index (κ2) is 7.23. The third-order valence-corrected chi connectivity index (χ3v) is 4.22. The third kappa shape index (κ3) is 3.60. The van der Waals surface area contributed by atoms with Gasteiger partial charge in [0.2, 0.25) is 0 Å². The van der Waals surface area contributed by atoms with Crippen LogP contribution in [0, 0.1) is 0 Å². The van der Waals surface area contributed by atoms with Gasteiger partial charge in [-0.2, -0.15) is 0 Å². The van der Waals surface area contributed by atoms with E-state index in [-0.39, 0.29) is 17.5 Å². The topological polar surface area (TPSA) is 76.2 Å². The smallest absolute Gasteiger partial charge is 0.144 e. The van der Waals surface area contributed by atoms with E-state index in [1.807, 2.05) is 30.5 Å². The first-order chi connectivity index (χ1) is 11.7. The summed E-state index contributed by atoms with van der Waals surface area (Å²) in [5.41, 5.74) is 7.58. The molecule has 24 heavy (non-hydrogen) atoms. The van der Waals surface area contributed by atoms with Gasteiger partial charge in [-0.15, -0.1) is 0 Å². The van der Waals surface area contributed by atoms with Crippen LogP contribution in [0.1, 0.15) is 23.5 Å². The molecule has 0 amide bonds. The number of benzene rings is 2. The summed E-state index contributed by atoms with van der Waals surface area (Å²) in [5.74, 6) is 0.0871. The number of pyridine rings is 1. The van der Waals surface area contributed by atoms with E-state index < -0.39 is 0 Å². The van der Waals surface area contributed by atoms with Crippen molar-refractivity contribution in [2.45, 2.75) is 18.8 Å². The number of carbonyl (C=O) groups is 1. The average molecular weight is 320 g/mol. The largest absolute Gasteiger partial charge is 0.508 e. The molecule has 0 saturated carbocycles. The molecule has 0 saturated heterocycles. The Morgan fingerprint density at radius 2 is 1.88 bits per heavy atom. The Kier molecular flexibility index (Phi) is 4.87. The fourth-order valence-corrected chi connectivity index (χ4v) is 2.95. The van der Waals surface area contributed by atoms with Crippen molar-refractivity contribution in [3.05, 3.63) is 72.1 Å². The van der Waals surface area contributed by atoms with Crippen LogP contribution in [-0.2, 0) is 11.2 Å². The van der Waals surface area contributed by atoms with Crippen LogP contribution >= 0.6 is 0 Å². The van der Waals surface area contributed by atoms with Gasteiger partial charge in [0.1, 0.15) is 11.5 Å². The highest BCUT2D eigenvalue weighted by molar-refractivity contribution is 5.89. The number of carbonyl (C=O) groups excluding carboxylic acids is 1. The molecule has 0 radical (unpaired) electrons. The summed E-state index contributed by atoms with van der Waals surface area (Å²) in [6.45, 7) is 0.445. The zero-order valence-electron chi connectivity index (χ0n) is 13.4. The van der Waals surface area contributed by atoms with E-state index in [2.05, 4.69) is 4.98 Å². The van der Waals surface area contributed by atoms with Crippen molar-refractivity contribution < 1.29 is 9.90 Å². The molecule has 4 nitrogen and oxygen atoms in total. The zero-order chi connectivity index (χ0) is 16.9. The molecule has 1 unspecified atom stereocenters. The van der Waals surface area contributed by atoms with Crippen molar-refractivity contribution in [1.29, 1.82) is 0 Å². The van der Waals surface area contributed by atoms with Gasteiger partial charge in [-0.05, 0) is 47.7 Å². The summed E-state index contributed by atoms with van der Waals surface area (Å²) in [6.07, 6.45) is 4.53. The molecule has 1 heterocycles. The first-order valence-electron chi connectivity index (χ1n) is 8.02. The molecule has 0 spiro atoms. The van der Waals surface area contributed by atoms with Crippen LogP contribution in [0.3, 0.4) is 0 Å². The number of nitrogens with zero attached hydrogens (tertiary/aromatic N) is 1. The minimum Gasteiger partial charge on any atom is -0.508 e. The van der Waals surface area contributed by atoms with Crippen LogP contribution in [0.25, 0.3) is 10.8 Å². The number of hydrogen-bond acceptors (Lipinski definition) is 4. The highest BCUT2D eigenvalue weighted by Gasteiger charge is 2.20. The van der Waals surface area contributed by atoms with Gasteiger partial charge in [0.15, 0.2) is 0 Å². The van der Waals surface area contributed by atoms with Gasteiger partial charge in [-0.1, -0.05) is 30.3 Å². The average Bonchev–Trinajstić information content (AvgIpc) is 2.60. The standard InChI is InChI=1S/C20H20N2O2/c21-9-7-19(15-3-5-18(23)6-4-15)20(24)12-14-1-2-17-13-22-10-8-16(17)11-14/h1-6,8,10-11,13,19,23H,7,9,12,21H2. The molecule has 122 valence electrons. The van der Waals surface area contributed by atoms with Crippen LogP contribution in [0.2, 0.25) is 0 Å². The van der Waals surface area contributed by atoms with Crippen molar-refractivity contribution in [2.24, 2.45) is 5.73 Å². The van der Waals surface area contributed by atoms with E-state index in [0.29, 0.717) is 19.4 Å². The number of phenolic OH excluding ortho intramolecular Hbond substituents is 1. The maximum absolute atomic E-state index is 12.8. The molecule has 3 N–H and O–H groups in total. The Balaban J connectivity index is 1.82. The Hall–Kier alpha value is -2.72. The van der Waals surface area contributed by atoms with Gasteiger partial charge < -0.3 is 10.8 Å². The van der Waals surface area contributed by atoms with Gasteiger partial charge in [0.05, 0.1) is 0 Å². The summed E-state index contributed by atoms with van der Waals surface area (Å²) >= 11 is 0.